The second kappa shape index (κ2) is 7.99. The maximum atomic E-state index is 12.9. The molecule has 0 heterocycles. The molecule has 0 saturated carbocycles. The lowest BCUT2D eigenvalue weighted by Gasteiger charge is -2.31. The lowest BCUT2D eigenvalue weighted by atomic mass is 9.86. The molecule has 3 rings (SSSR count). The highest BCUT2D eigenvalue weighted by Gasteiger charge is 2.31. The highest BCUT2D eigenvalue weighted by molar-refractivity contribution is 7.89. The Morgan fingerprint density at radius 3 is 2.35 bits per heavy atom. The van der Waals surface area contributed by atoms with Gasteiger partial charge in [-0.15, -0.1) is 0 Å². The van der Waals surface area contributed by atoms with Crippen molar-refractivity contribution in [3.8, 4) is 0 Å². The van der Waals surface area contributed by atoms with Crippen molar-refractivity contribution < 1.29 is 8.42 Å². The summed E-state index contributed by atoms with van der Waals surface area (Å²) in [4.78, 5) is 0.253. The fourth-order valence-corrected chi connectivity index (χ4v) is 4.45. The molecule has 1 aliphatic rings. The smallest absolute Gasteiger partial charge is 0.240 e. The van der Waals surface area contributed by atoms with Gasteiger partial charge in [0.05, 0.1) is 4.90 Å². The van der Waals surface area contributed by atoms with Gasteiger partial charge in [0.1, 0.15) is 0 Å². The molecule has 5 heteroatoms. The predicted octanol–water partition coefficient (Wildman–Crippen LogP) is 3.47. The summed E-state index contributed by atoms with van der Waals surface area (Å²) in [6.45, 7) is 1.93. The van der Waals surface area contributed by atoms with Crippen molar-refractivity contribution in [3.63, 3.8) is 0 Å². The highest BCUT2D eigenvalue weighted by atomic mass is 32.2. The van der Waals surface area contributed by atoms with Gasteiger partial charge in [0.2, 0.25) is 10.0 Å². The summed E-state index contributed by atoms with van der Waals surface area (Å²) in [6, 6.07) is 15.6. The summed E-state index contributed by atoms with van der Waals surface area (Å²) in [7, 11) is -3.67. The van der Waals surface area contributed by atoms with Gasteiger partial charge >= 0.3 is 0 Å². The molecule has 1 unspecified atom stereocenters. The first-order chi connectivity index (χ1) is 12.5. The summed E-state index contributed by atoms with van der Waals surface area (Å²) in [5, 5.41) is 0. The first kappa shape index (κ1) is 18.6. The van der Waals surface area contributed by atoms with Crippen molar-refractivity contribution in [2.24, 2.45) is 11.7 Å². The number of aryl methyl sites for hydroxylation is 1. The van der Waals surface area contributed by atoms with Crippen molar-refractivity contribution in [1.82, 2.24) is 4.72 Å². The fraction of sp³-hybridized carbons (Fsp3) is 0.238. The molecule has 0 radical (unpaired) electrons. The molecule has 3 N–H and O–H groups in total. The largest absolute Gasteiger partial charge is 0.323 e. The van der Waals surface area contributed by atoms with Gasteiger partial charge in [-0.2, -0.15) is 0 Å². The standard InChI is InChI=1S/C21H24N2O2S/c1-16-12-14-19(15-13-16)26(24,25)23-21(18-10-6-3-7-11-18)20(22)17-8-4-2-5-9-17/h2-10,12-15,18,20-21,23H,11,22H2,1H3/t18?,20-,21-/m0/s1. The molecular weight excluding hydrogens is 344 g/mol. The average Bonchev–Trinajstić information content (AvgIpc) is 2.67. The number of nitrogens with two attached hydrogens (primary N) is 1. The van der Waals surface area contributed by atoms with Crippen LogP contribution in [-0.4, -0.2) is 14.5 Å². The first-order valence-electron chi connectivity index (χ1n) is 8.70. The zero-order valence-corrected chi connectivity index (χ0v) is 15.6. The summed E-state index contributed by atoms with van der Waals surface area (Å²) in [6.07, 6.45) is 8.72. The molecule has 0 spiro atoms. The number of hydrogen-bond donors (Lipinski definition) is 2. The summed E-state index contributed by atoms with van der Waals surface area (Å²) in [5.74, 6) is -0.00423. The van der Waals surface area contributed by atoms with Crippen molar-refractivity contribution in [3.05, 3.63) is 90.0 Å². The minimum atomic E-state index is -3.67. The molecule has 0 saturated heterocycles. The van der Waals surface area contributed by atoms with Crippen LogP contribution >= 0.6 is 0 Å². The number of allylic oxidation sites excluding steroid dienone is 3. The van der Waals surface area contributed by atoms with Gasteiger partial charge in [0, 0.05) is 12.1 Å². The van der Waals surface area contributed by atoms with Gasteiger partial charge in [0.15, 0.2) is 0 Å². The molecular formula is C21H24N2O2S. The molecule has 0 bridgehead atoms. The van der Waals surface area contributed by atoms with Crippen LogP contribution in [0.4, 0.5) is 0 Å². The lowest BCUT2D eigenvalue weighted by molar-refractivity contribution is 0.396. The number of sulfonamides is 1. The van der Waals surface area contributed by atoms with Gasteiger partial charge in [-0.05, 0) is 37.0 Å². The van der Waals surface area contributed by atoms with Crippen LogP contribution in [0, 0.1) is 12.8 Å². The Hall–Kier alpha value is -2.21. The third-order valence-corrected chi connectivity index (χ3v) is 6.14. The Balaban J connectivity index is 1.91. The average molecular weight is 369 g/mol. The van der Waals surface area contributed by atoms with E-state index < -0.39 is 22.1 Å². The van der Waals surface area contributed by atoms with Gasteiger partial charge in [-0.3, -0.25) is 0 Å². The quantitative estimate of drug-likeness (QED) is 0.820. The van der Waals surface area contributed by atoms with E-state index in [0.29, 0.717) is 0 Å². The van der Waals surface area contributed by atoms with Crippen LogP contribution in [0.2, 0.25) is 0 Å². The highest BCUT2D eigenvalue weighted by Crippen LogP contribution is 2.27. The van der Waals surface area contributed by atoms with Crippen LogP contribution in [0.15, 0.2) is 83.8 Å². The maximum absolute atomic E-state index is 12.9. The molecule has 2 aromatic rings. The zero-order valence-electron chi connectivity index (χ0n) is 14.7. The third-order valence-electron chi connectivity index (χ3n) is 4.67. The van der Waals surface area contributed by atoms with E-state index in [0.717, 1.165) is 17.5 Å². The lowest BCUT2D eigenvalue weighted by Crippen LogP contribution is -2.46. The van der Waals surface area contributed by atoms with E-state index in [4.69, 9.17) is 5.73 Å². The molecule has 0 amide bonds. The summed E-state index contributed by atoms with van der Waals surface area (Å²) >= 11 is 0. The fourth-order valence-electron chi connectivity index (χ4n) is 3.14. The van der Waals surface area contributed by atoms with E-state index in [1.807, 2.05) is 61.6 Å². The van der Waals surface area contributed by atoms with E-state index >= 15 is 0 Å². The molecule has 0 aromatic heterocycles. The number of rotatable bonds is 6. The second-order valence-electron chi connectivity index (χ2n) is 6.61. The second-order valence-corrected chi connectivity index (χ2v) is 8.32. The molecule has 136 valence electrons. The Morgan fingerprint density at radius 1 is 1.04 bits per heavy atom. The number of benzene rings is 2. The Bertz CT molecular complexity index is 887. The van der Waals surface area contributed by atoms with Crippen molar-refractivity contribution >= 4 is 10.0 Å². The van der Waals surface area contributed by atoms with Crippen LogP contribution in [0.3, 0.4) is 0 Å². The SMILES string of the molecule is Cc1ccc(S(=O)(=O)N[C@@H](C2C=CC=CC2)[C@@H](N)c2ccccc2)cc1. The minimum Gasteiger partial charge on any atom is -0.323 e. The van der Waals surface area contributed by atoms with Crippen LogP contribution < -0.4 is 10.5 Å². The van der Waals surface area contributed by atoms with Crippen LogP contribution in [0.25, 0.3) is 0 Å². The van der Waals surface area contributed by atoms with E-state index in [1.54, 1.807) is 24.3 Å². The first-order valence-corrected chi connectivity index (χ1v) is 10.2. The molecule has 0 aliphatic heterocycles. The van der Waals surface area contributed by atoms with E-state index in [-0.39, 0.29) is 10.8 Å². The predicted molar refractivity (Wildman–Crippen MR) is 105 cm³/mol. The monoisotopic (exact) mass is 368 g/mol. The summed E-state index contributed by atoms with van der Waals surface area (Å²) in [5.41, 5.74) is 8.42. The van der Waals surface area contributed by atoms with E-state index in [2.05, 4.69) is 4.72 Å². The van der Waals surface area contributed by atoms with E-state index in [1.165, 1.54) is 0 Å². The molecule has 2 aromatic carbocycles. The van der Waals surface area contributed by atoms with Gasteiger partial charge in [-0.25, -0.2) is 13.1 Å². The van der Waals surface area contributed by atoms with Gasteiger partial charge in [0.25, 0.3) is 0 Å². The normalized spacial score (nSPS) is 19.2. The van der Waals surface area contributed by atoms with Crippen LogP contribution in [0.1, 0.15) is 23.6 Å². The van der Waals surface area contributed by atoms with E-state index in [9.17, 15) is 8.42 Å². The minimum absolute atomic E-state index is 0.00423. The zero-order chi connectivity index (χ0) is 18.6. The Labute approximate surface area is 155 Å². The molecule has 1 aliphatic carbocycles. The molecule has 3 atom stereocenters. The van der Waals surface area contributed by atoms with Crippen molar-refractivity contribution in [1.29, 1.82) is 0 Å². The van der Waals surface area contributed by atoms with Crippen molar-refractivity contribution in [2.75, 3.05) is 0 Å². The topological polar surface area (TPSA) is 72.2 Å². The van der Waals surface area contributed by atoms with Gasteiger partial charge in [-0.1, -0.05) is 72.3 Å². The van der Waals surface area contributed by atoms with Gasteiger partial charge < -0.3 is 5.73 Å². The molecule has 26 heavy (non-hydrogen) atoms. The third kappa shape index (κ3) is 4.30. The van der Waals surface area contributed by atoms with Crippen molar-refractivity contribution in [2.45, 2.75) is 30.3 Å². The Kier molecular flexibility index (Phi) is 5.71. The molecule has 0 fully saturated rings. The Morgan fingerprint density at radius 2 is 1.73 bits per heavy atom. The molecule has 4 nitrogen and oxygen atoms in total. The maximum Gasteiger partial charge on any atom is 0.240 e. The van der Waals surface area contributed by atoms with Crippen LogP contribution in [-0.2, 0) is 10.0 Å². The number of hydrogen-bond acceptors (Lipinski definition) is 3. The number of nitrogens with one attached hydrogen (secondary N) is 1. The van der Waals surface area contributed by atoms with Crippen LogP contribution in [0.5, 0.6) is 0 Å². The summed E-state index contributed by atoms with van der Waals surface area (Å²) < 4.78 is 28.7.